The van der Waals surface area contributed by atoms with E-state index in [0.29, 0.717) is 5.92 Å². The van der Waals surface area contributed by atoms with Gasteiger partial charge in [0, 0.05) is 6.42 Å². The number of hydroxylamine groups is 1. The molecule has 7 heteroatoms. The van der Waals surface area contributed by atoms with Gasteiger partial charge >= 0.3 is 6.18 Å². The van der Waals surface area contributed by atoms with Crippen LogP contribution >= 0.6 is 0 Å². The second-order valence-electron chi connectivity index (χ2n) is 4.72. The fourth-order valence-corrected chi connectivity index (χ4v) is 2.06. The molecule has 18 heavy (non-hydrogen) atoms. The Hall–Kier alpha value is -0.820. The van der Waals surface area contributed by atoms with Gasteiger partial charge in [-0.2, -0.15) is 13.2 Å². The lowest BCUT2D eigenvalue weighted by Gasteiger charge is -2.27. The molecule has 106 valence electrons. The van der Waals surface area contributed by atoms with Gasteiger partial charge in [0.15, 0.2) is 6.61 Å². The Morgan fingerprint density at radius 2 is 2.28 bits per heavy atom. The molecule has 0 radical (unpaired) electrons. The zero-order valence-corrected chi connectivity index (χ0v) is 10.3. The molecule has 2 N–H and O–H groups in total. The Morgan fingerprint density at radius 3 is 2.83 bits per heavy atom. The van der Waals surface area contributed by atoms with E-state index in [-0.39, 0.29) is 12.3 Å². The van der Waals surface area contributed by atoms with Crippen molar-refractivity contribution in [1.29, 1.82) is 0 Å². The van der Waals surface area contributed by atoms with Gasteiger partial charge in [0.2, 0.25) is 5.91 Å². The molecule has 1 rings (SSSR count). The van der Waals surface area contributed by atoms with E-state index in [1.807, 2.05) is 12.4 Å². The smallest absolute Gasteiger partial charge is 0.316 e. The Bertz CT molecular complexity index is 266. The number of carbonyl (C=O) groups is 1. The van der Waals surface area contributed by atoms with Crippen LogP contribution in [0.15, 0.2) is 0 Å². The molecule has 1 aliphatic rings. The first-order valence-corrected chi connectivity index (χ1v) is 6.06. The monoisotopic (exact) mass is 268 g/mol. The number of hydrogen-bond donors (Lipinski definition) is 2. The van der Waals surface area contributed by atoms with E-state index in [1.54, 1.807) is 0 Å². The third-order valence-electron chi connectivity index (χ3n) is 3.07. The van der Waals surface area contributed by atoms with Crippen molar-refractivity contribution in [2.75, 3.05) is 19.7 Å². The maximum absolute atomic E-state index is 11.8. The minimum Gasteiger partial charge on any atom is -0.316 e. The van der Waals surface area contributed by atoms with E-state index in [0.717, 1.165) is 25.9 Å². The summed E-state index contributed by atoms with van der Waals surface area (Å²) in [5.74, 6) is 0.0247. The maximum atomic E-state index is 11.8. The summed E-state index contributed by atoms with van der Waals surface area (Å²) in [7, 11) is 0. The van der Waals surface area contributed by atoms with Crippen LogP contribution in [0, 0.1) is 11.8 Å². The number of amides is 1. The highest BCUT2D eigenvalue weighted by atomic mass is 19.4. The topological polar surface area (TPSA) is 50.4 Å². The highest BCUT2D eigenvalue weighted by molar-refractivity contribution is 5.75. The second kappa shape index (κ2) is 6.94. The maximum Gasteiger partial charge on any atom is 0.414 e. The first kappa shape index (κ1) is 15.2. The molecule has 1 aliphatic heterocycles. The summed E-state index contributed by atoms with van der Waals surface area (Å²) < 4.78 is 35.3. The van der Waals surface area contributed by atoms with Crippen molar-refractivity contribution >= 4 is 5.91 Å². The second-order valence-corrected chi connectivity index (χ2v) is 4.72. The lowest BCUT2D eigenvalue weighted by atomic mass is 9.85. The molecule has 0 aliphatic carbocycles. The Balaban J connectivity index is 2.18. The first-order chi connectivity index (χ1) is 8.38. The predicted molar refractivity (Wildman–Crippen MR) is 59.5 cm³/mol. The fraction of sp³-hybridized carbons (Fsp3) is 0.909. The highest BCUT2D eigenvalue weighted by Gasteiger charge is 2.28. The molecular formula is C11H19F3N2O2. The van der Waals surface area contributed by atoms with Crippen molar-refractivity contribution in [2.24, 2.45) is 11.8 Å². The van der Waals surface area contributed by atoms with Gasteiger partial charge in [0.05, 0.1) is 0 Å². The average Bonchev–Trinajstić information content (AvgIpc) is 2.28. The standard InChI is InChI=1S/C11H19F3N2O2/c1-8(9-3-2-4-15-6-9)5-10(17)16-18-7-11(12,13)14/h8-9,15H,2-7H2,1H3,(H,16,17). The molecule has 2 unspecified atom stereocenters. The normalized spacial score (nSPS) is 22.6. The summed E-state index contributed by atoms with van der Waals surface area (Å²) in [6.45, 7) is 2.32. The molecule has 0 bridgehead atoms. The first-order valence-electron chi connectivity index (χ1n) is 6.06. The van der Waals surface area contributed by atoms with Gasteiger partial charge in [-0.25, -0.2) is 5.48 Å². The summed E-state index contributed by atoms with van der Waals surface area (Å²) >= 11 is 0. The Morgan fingerprint density at radius 1 is 1.56 bits per heavy atom. The van der Waals surface area contributed by atoms with E-state index in [9.17, 15) is 18.0 Å². The van der Waals surface area contributed by atoms with Crippen molar-refractivity contribution in [2.45, 2.75) is 32.4 Å². The Kier molecular flexibility index (Phi) is 5.87. The van der Waals surface area contributed by atoms with Crippen LogP contribution in [-0.4, -0.2) is 31.8 Å². The van der Waals surface area contributed by atoms with E-state index in [2.05, 4.69) is 10.2 Å². The number of hydrogen-bond acceptors (Lipinski definition) is 3. The summed E-state index contributed by atoms with van der Waals surface area (Å²) in [4.78, 5) is 15.5. The average molecular weight is 268 g/mol. The number of piperidine rings is 1. The summed E-state index contributed by atoms with van der Waals surface area (Å²) in [5.41, 5.74) is 1.83. The molecule has 0 aromatic rings. The Labute approximate surface area is 104 Å². The number of rotatable bonds is 5. The van der Waals surface area contributed by atoms with Crippen LogP contribution in [0.4, 0.5) is 13.2 Å². The van der Waals surface area contributed by atoms with E-state index in [4.69, 9.17) is 0 Å². The van der Waals surface area contributed by atoms with Gasteiger partial charge in [-0.15, -0.1) is 0 Å². The fourth-order valence-electron chi connectivity index (χ4n) is 2.06. The molecular weight excluding hydrogens is 249 g/mol. The van der Waals surface area contributed by atoms with Crippen molar-refractivity contribution in [3.8, 4) is 0 Å². The molecule has 1 fully saturated rings. The van der Waals surface area contributed by atoms with Crippen LogP contribution in [-0.2, 0) is 9.63 Å². The lowest BCUT2D eigenvalue weighted by molar-refractivity contribution is -0.192. The van der Waals surface area contributed by atoms with Gasteiger partial charge < -0.3 is 5.32 Å². The van der Waals surface area contributed by atoms with Crippen molar-refractivity contribution < 1.29 is 22.8 Å². The third kappa shape index (κ3) is 6.20. The number of carbonyl (C=O) groups excluding carboxylic acids is 1. The minimum atomic E-state index is -4.42. The van der Waals surface area contributed by atoms with Crippen LogP contribution in [0.25, 0.3) is 0 Å². The van der Waals surface area contributed by atoms with Crippen LogP contribution in [0.2, 0.25) is 0 Å². The lowest BCUT2D eigenvalue weighted by Crippen LogP contribution is -2.36. The van der Waals surface area contributed by atoms with E-state index >= 15 is 0 Å². The van der Waals surface area contributed by atoms with Crippen LogP contribution in [0.1, 0.15) is 26.2 Å². The molecule has 0 aromatic heterocycles. The number of nitrogens with one attached hydrogen (secondary N) is 2. The van der Waals surface area contributed by atoms with Crippen LogP contribution < -0.4 is 10.8 Å². The molecule has 1 saturated heterocycles. The molecule has 0 spiro atoms. The van der Waals surface area contributed by atoms with Gasteiger partial charge in [0.1, 0.15) is 0 Å². The molecule has 1 amide bonds. The summed E-state index contributed by atoms with van der Waals surface area (Å²) in [6, 6.07) is 0. The molecule has 0 saturated carbocycles. The zero-order chi connectivity index (χ0) is 13.6. The van der Waals surface area contributed by atoms with E-state index < -0.39 is 18.7 Å². The third-order valence-corrected chi connectivity index (χ3v) is 3.07. The SMILES string of the molecule is CC(CC(=O)NOCC(F)(F)F)C1CCCNC1. The molecule has 2 atom stereocenters. The van der Waals surface area contributed by atoms with E-state index in [1.165, 1.54) is 0 Å². The van der Waals surface area contributed by atoms with Crippen molar-refractivity contribution in [3.05, 3.63) is 0 Å². The van der Waals surface area contributed by atoms with Crippen molar-refractivity contribution in [1.82, 2.24) is 10.8 Å². The largest absolute Gasteiger partial charge is 0.414 e. The number of alkyl halides is 3. The number of halogens is 3. The van der Waals surface area contributed by atoms with Crippen LogP contribution in [0.5, 0.6) is 0 Å². The molecule has 4 nitrogen and oxygen atoms in total. The summed E-state index contributed by atoms with van der Waals surface area (Å²) in [6.07, 6.45) is -2.12. The van der Waals surface area contributed by atoms with Gasteiger partial charge in [0.25, 0.3) is 0 Å². The quantitative estimate of drug-likeness (QED) is 0.745. The molecule has 1 heterocycles. The van der Waals surface area contributed by atoms with Gasteiger partial charge in [-0.1, -0.05) is 6.92 Å². The van der Waals surface area contributed by atoms with Gasteiger partial charge in [-0.05, 0) is 37.8 Å². The predicted octanol–water partition coefficient (Wildman–Crippen LogP) is 1.62. The minimum absolute atomic E-state index is 0.132. The zero-order valence-electron chi connectivity index (χ0n) is 10.3. The highest BCUT2D eigenvalue weighted by Crippen LogP contribution is 2.22. The molecule has 0 aromatic carbocycles. The van der Waals surface area contributed by atoms with Gasteiger partial charge in [-0.3, -0.25) is 9.63 Å². The summed E-state index contributed by atoms with van der Waals surface area (Å²) in [5, 5.41) is 3.24. The van der Waals surface area contributed by atoms with Crippen molar-refractivity contribution in [3.63, 3.8) is 0 Å². The van der Waals surface area contributed by atoms with Crippen LogP contribution in [0.3, 0.4) is 0 Å².